The van der Waals surface area contributed by atoms with Crippen molar-refractivity contribution in [1.29, 1.82) is 0 Å². The number of carbonyl (C=O) groups excluding carboxylic acids is 2. The van der Waals surface area contributed by atoms with E-state index in [1.165, 1.54) is 13.8 Å². The van der Waals surface area contributed by atoms with Gasteiger partial charge in [-0.15, -0.1) is 0 Å². The fraction of sp³-hybridized carbons (Fsp3) is 0.357. The van der Waals surface area contributed by atoms with Crippen LogP contribution in [0.5, 0.6) is 0 Å². The molecule has 0 radical (unpaired) electrons. The number of hydrogen-bond donors (Lipinski definition) is 3. The second kappa shape index (κ2) is 6.21. The summed E-state index contributed by atoms with van der Waals surface area (Å²) in [6.45, 7) is 2.33. The second-order valence-corrected chi connectivity index (χ2v) is 7.23. The van der Waals surface area contributed by atoms with Gasteiger partial charge in [0.15, 0.2) is 9.84 Å². The number of fused-ring (bicyclic) bond motifs is 1. The highest BCUT2D eigenvalue weighted by molar-refractivity contribution is 7.98. The van der Waals surface area contributed by atoms with E-state index >= 15 is 0 Å². The largest absolute Gasteiger partial charge is 0.477 e. The second-order valence-electron chi connectivity index (χ2n) is 5.37. The summed E-state index contributed by atoms with van der Waals surface area (Å²) in [5, 5.41) is 21.3. The van der Waals surface area contributed by atoms with E-state index in [4.69, 9.17) is 5.11 Å². The first-order valence-electron chi connectivity index (χ1n) is 6.91. The van der Waals surface area contributed by atoms with Crippen molar-refractivity contribution in [2.24, 2.45) is 0 Å². The maximum absolute atomic E-state index is 12.3. The van der Waals surface area contributed by atoms with E-state index < -0.39 is 44.3 Å². The number of carboxylic acids is 1. The zero-order valence-electron chi connectivity index (χ0n) is 12.9. The number of sulfone groups is 1. The molecule has 0 aromatic carbocycles. The number of aliphatic carboxylic acids is 1. The van der Waals surface area contributed by atoms with Crippen LogP contribution in [0.1, 0.15) is 20.3 Å². The SMILES string of the molecule is CC(=O)NC=CS(=O)(=O)C1=C(C(=O)O)N2C(=O)C(=C(C)CO)C2C1. The third kappa shape index (κ3) is 2.85. The molecule has 2 amide bonds. The molecule has 0 bridgehead atoms. The molecular weight excluding hydrogens is 340 g/mol. The molecule has 1 unspecified atom stereocenters. The van der Waals surface area contributed by atoms with Gasteiger partial charge in [0.1, 0.15) is 5.70 Å². The van der Waals surface area contributed by atoms with Crippen molar-refractivity contribution < 1.29 is 33.0 Å². The van der Waals surface area contributed by atoms with Crippen LogP contribution < -0.4 is 5.32 Å². The van der Waals surface area contributed by atoms with Gasteiger partial charge in [0.05, 0.1) is 23.0 Å². The van der Waals surface area contributed by atoms with Crippen LogP contribution in [0.25, 0.3) is 0 Å². The lowest BCUT2D eigenvalue weighted by molar-refractivity contribution is -0.142. The fourth-order valence-electron chi connectivity index (χ4n) is 2.68. The number of β-lactam (4-membered cyclic amide) rings is 1. The number of carbonyl (C=O) groups is 3. The highest BCUT2D eigenvalue weighted by Crippen LogP contribution is 2.45. The first kappa shape index (κ1) is 17.9. The average Bonchev–Trinajstić information content (AvgIpc) is 2.82. The van der Waals surface area contributed by atoms with Crippen LogP contribution in [-0.2, 0) is 24.2 Å². The highest BCUT2D eigenvalue weighted by atomic mass is 32.2. The maximum Gasteiger partial charge on any atom is 0.353 e. The predicted molar refractivity (Wildman–Crippen MR) is 81.6 cm³/mol. The molecule has 0 saturated carbocycles. The molecule has 2 heterocycles. The summed E-state index contributed by atoms with van der Waals surface area (Å²) >= 11 is 0. The molecule has 10 heteroatoms. The van der Waals surface area contributed by atoms with Gasteiger partial charge in [-0.2, -0.15) is 0 Å². The first-order valence-corrected chi connectivity index (χ1v) is 8.45. The average molecular weight is 356 g/mol. The molecular formula is C14H16N2O7S. The van der Waals surface area contributed by atoms with E-state index in [0.29, 0.717) is 11.0 Å². The zero-order chi connectivity index (χ0) is 18.2. The lowest BCUT2D eigenvalue weighted by Gasteiger charge is -2.39. The summed E-state index contributed by atoms with van der Waals surface area (Å²) in [5.41, 5.74) is 0.0117. The molecule has 0 aliphatic carbocycles. The molecule has 2 rings (SSSR count). The van der Waals surface area contributed by atoms with E-state index in [2.05, 4.69) is 5.32 Å². The Hall–Kier alpha value is -2.46. The maximum atomic E-state index is 12.3. The highest BCUT2D eigenvalue weighted by Gasteiger charge is 2.54. The summed E-state index contributed by atoms with van der Waals surface area (Å²) in [6, 6.07) is -0.713. The topological polar surface area (TPSA) is 141 Å². The monoisotopic (exact) mass is 356 g/mol. The Morgan fingerprint density at radius 2 is 2.00 bits per heavy atom. The van der Waals surface area contributed by atoms with Gasteiger partial charge in [-0.3, -0.25) is 14.5 Å². The number of hydrogen-bond acceptors (Lipinski definition) is 6. The molecule has 0 spiro atoms. The predicted octanol–water partition coefficient (Wildman–Crippen LogP) is -0.772. The van der Waals surface area contributed by atoms with Crippen LogP contribution in [0.4, 0.5) is 0 Å². The molecule has 9 nitrogen and oxygen atoms in total. The van der Waals surface area contributed by atoms with Crippen molar-refractivity contribution >= 4 is 27.6 Å². The number of nitrogens with zero attached hydrogens (tertiary/aromatic N) is 1. The van der Waals surface area contributed by atoms with Gasteiger partial charge in [-0.05, 0) is 12.5 Å². The number of aliphatic hydroxyl groups is 1. The van der Waals surface area contributed by atoms with Gasteiger partial charge < -0.3 is 15.5 Å². The Labute approximate surface area is 137 Å². The van der Waals surface area contributed by atoms with Crippen molar-refractivity contribution in [1.82, 2.24) is 10.2 Å². The summed E-state index contributed by atoms with van der Waals surface area (Å²) in [6.07, 6.45) is 0.712. The number of nitrogens with one attached hydrogen (secondary N) is 1. The van der Waals surface area contributed by atoms with Gasteiger partial charge >= 0.3 is 5.97 Å². The van der Waals surface area contributed by atoms with Crippen LogP contribution >= 0.6 is 0 Å². The molecule has 24 heavy (non-hydrogen) atoms. The standard InChI is InChI=1S/C14H16N2O7S/c1-7(6-17)11-9-5-10(12(14(20)21)16(9)13(11)19)24(22,23)4-3-15-8(2)18/h3-4,9,17H,5-6H2,1-2H3,(H,15,18)(H,20,21). The van der Waals surface area contributed by atoms with Gasteiger partial charge in [-0.1, -0.05) is 0 Å². The van der Waals surface area contributed by atoms with Crippen molar-refractivity contribution in [3.05, 3.63) is 33.4 Å². The molecule has 2 aliphatic rings. The number of carboxylic acid groups (broad SMARTS) is 1. The van der Waals surface area contributed by atoms with E-state index in [0.717, 1.165) is 11.1 Å². The third-order valence-corrected chi connectivity index (χ3v) is 5.30. The minimum atomic E-state index is -4.13. The lowest BCUT2D eigenvalue weighted by Crippen LogP contribution is -2.53. The molecule has 1 atom stereocenters. The summed E-state index contributed by atoms with van der Waals surface area (Å²) in [4.78, 5) is 34.9. The Balaban J connectivity index is 2.44. The number of amides is 2. The van der Waals surface area contributed by atoms with E-state index in [9.17, 15) is 27.9 Å². The molecule has 2 aliphatic heterocycles. The summed E-state index contributed by atoms with van der Waals surface area (Å²) in [5.74, 6) is -2.64. The van der Waals surface area contributed by atoms with Crippen LogP contribution in [0, 0.1) is 0 Å². The van der Waals surface area contributed by atoms with Gasteiger partial charge in [0.25, 0.3) is 5.91 Å². The molecule has 0 aromatic rings. The van der Waals surface area contributed by atoms with E-state index in [1.807, 2.05) is 0 Å². The molecule has 1 fully saturated rings. The smallest absolute Gasteiger partial charge is 0.353 e. The molecule has 3 N–H and O–H groups in total. The minimum Gasteiger partial charge on any atom is -0.477 e. The van der Waals surface area contributed by atoms with Gasteiger partial charge in [-0.25, -0.2) is 13.2 Å². The molecule has 1 saturated heterocycles. The fourth-order valence-corrected chi connectivity index (χ4v) is 3.94. The van der Waals surface area contributed by atoms with Crippen LogP contribution in [0.2, 0.25) is 0 Å². The Morgan fingerprint density at radius 3 is 2.50 bits per heavy atom. The zero-order valence-corrected chi connectivity index (χ0v) is 13.8. The van der Waals surface area contributed by atoms with Crippen molar-refractivity contribution in [3.63, 3.8) is 0 Å². The molecule has 130 valence electrons. The van der Waals surface area contributed by atoms with E-state index in [1.54, 1.807) is 0 Å². The Kier molecular flexibility index (Phi) is 4.63. The van der Waals surface area contributed by atoms with Crippen molar-refractivity contribution in [2.75, 3.05) is 6.61 Å². The number of rotatable bonds is 5. The van der Waals surface area contributed by atoms with Crippen LogP contribution in [0.3, 0.4) is 0 Å². The quantitative estimate of drug-likeness (QED) is 0.434. The summed E-state index contributed by atoms with van der Waals surface area (Å²) in [7, 11) is -4.13. The third-order valence-electron chi connectivity index (χ3n) is 3.75. The van der Waals surface area contributed by atoms with Gasteiger partial charge in [0, 0.05) is 25.1 Å². The minimum absolute atomic E-state index is 0.188. The summed E-state index contributed by atoms with van der Waals surface area (Å²) < 4.78 is 24.7. The Bertz CT molecular complexity index is 820. The van der Waals surface area contributed by atoms with Gasteiger partial charge in [0.2, 0.25) is 5.91 Å². The molecule has 0 aromatic heterocycles. The first-order chi connectivity index (χ1) is 11.1. The van der Waals surface area contributed by atoms with E-state index in [-0.39, 0.29) is 18.6 Å². The van der Waals surface area contributed by atoms with Crippen molar-refractivity contribution in [3.8, 4) is 0 Å². The normalized spacial score (nSPS) is 22.5. The van der Waals surface area contributed by atoms with Crippen LogP contribution in [-0.4, -0.2) is 54.0 Å². The van der Waals surface area contributed by atoms with Crippen molar-refractivity contribution in [2.45, 2.75) is 26.3 Å². The number of aliphatic hydroxyl groups excluding tert-OH is 1. The van der Waals surface area contributed by atoms with Crippen LogP contribution in [0.15, 0.2) is 33.4 Å². The lowest BCUT2D eigenvalue weighted by atomic mass is 9.90. The Morgan fingerprint density at radius 1 is 1.38 bits per heavy atom.